The Hall–Kier alpha value is -1.82. The standard InChI is InChI=1S/C14H21N3O3/c1-11-5-2-3-7-17(11)10-13(18)16-14(19)15-9-12-6-4-8-20-12/h4,6,8,11H,2-3,5,7,9-10H2,1H3,(H2,15,16,18,19)/t11-/m1/s1. The van der Waals surface area contributed by atoms with Crippen LogP contribution in [0.25, 0.3) is 0 Å². The van der Waals surface area contributed by atoms with Crippen molar-refractivity contribution >= 4 is 11.9 Å². The van der Waals surface area contributed by atoms with E-state index in [0.29, 0.717) is 11.8 Å². The molecule has 3 amide bonds. The number of hydrogen-bond donors (Lipinski definition) is 2. The summed E-state index contributed by atoms with van der Waals surface area (Å²) in [5, 5.41) is 4.92. The first-order valence-electron chi connectivity index (χ1n) is 6.99. The molecule has 1 aliphatic heterocycles. The van der Waals surface area contributed by atoms with Gasteiger partial charge >= 0.3 is 6.03 Å². The number of nitrogens with one attached hydrogen (secondary N) is 2. The zero-order valence-electron chi connectivity index (χ0n) is 11.7. The Morgan fingerprint density at radius 3 is 3.00 bits per heavy atom. The topological polar surface area (TPSA) is 74.6 Å². The van der Waals surface area contributed by atoms with E-state index in [1.165, 1.54) is 12.7 Å². The van der Waals surface area contributed by atoms with Crippen molar-refractivity contribution in [2.24, 2.45) is 0 Å². The summed E-state index contributed by atoms with van der Waals surface area (Å²) in [4.78, 5) is 25.5. The normalized spacial score (nSPS) is 19.6. The maximum Gasteiger partial charge on any atom is 0.321 e. The molecule has 0 bridgehead atoms. The van der Waals surface area contributed by atoms with Gasteiger partial charge < -0.3 is 9.73 Å². The van der Waals surface area contributed by atoms with Crippen LogP contribution in [0.1, 0.15) is 31.9 Å². The quantitative estimate of drug-likeness (QED) is 0.875. The first kappa shape index (κ1) is 14.6. The molecule has 6 heteroatoms. The number of amides is 3. The summed E-state index contributed by atoms with van der Waals surface area (Å²) in [5.41, 5.74) is 0. The van der Waals surface area contributed by atoms with E-state index in [2.05, 4.69) is 22.5 Å². The maximum atomic E-state index is 11.8. The van der Waals surface area contributed by atoms with Crippen molar-refractivity contribution in [1.29, 1.82) is 0 Å². The van der Waals surface area contributed by atoms with Gasteiger partial charge in [-0.05, 0) is 38.4 Å². The molecule has 1 aromatic heterocycles. The SMILES string of the molecule is C[C@@H]1CCCCN1CC(=O)NC(=O)NCc1ccco1. The molecule has 1 fully saturated rings. The number of rotatable bonds is 4. The van der Waals surface area contributed by atoms with E-state index in [1.54, 1.807) is 12.1 Å². The zero-order valence-corrected chi connectivity index (χ0v) is 11.7. The molecule has 0 aromatic carbocycles. The van der Waals surface area contributed by atoms with Crippen LogP contribution in [-0.2, 0) is 11.3 Å². The van der Waals surface area contributed by atoms with Gasteiger partial charge in [0, 0.05) is 6.04 Å². The van der Waals surface area contributed by atoms with E-state index < -0.39 is 6.03 Å². The molecule has 0 saturated carbocycles. The van der Waals surface area contributed by atoms with Gasteiger partial charge in [-0.25, -0.2) is 4.79 Å². The third kappa shape index (κ3) is 4.38. The number of likely N-dealkylation sites (tertiary alicyclic amines) is 1. The number of urea groups is 1. The average molecular weight is 279 g/mol. The second-order valence-corrected chi connectivity index (χ2v) is 5.13. The number of hydrogen-bond acceptors (Lipinski definition) is 4. The molecular formula is C14H21N3O3. The Morgan fingerprint density at radius 2 is 2.30 bits per heavy atom. The van der Waals surface area contributed by atoms with Crippen molar-refractivity contribution in [1.82, 2.24) is 15.5 Å². The summed E-state index contributed by atoms with van der Waals surface area (Å²) in [6, 6.07) is 3.42. The highest BCUT2D eigenvalue weighted by Crippen LogP contribution is 2.15. The predicted octanol–water partition coefficient (Wildman–Crippen LogP) is 1.48. The summed E-state index contributed by atoms with van der Waals surface area (Å²) >= 11 is 0. The number of furan rings is 1. The first-order chi connectivity index (χ1) is 9.65. The van der Waals surface area contributed by atoms with Gasteiger partial charge in [-0.1, -0.05) is 6.42 Å². The van der Waals surface area contributed by atoms with Crippen LogP contribution in [0.5, 0.6) is 0 Å². The lowest BCUT2D eigenvalue weighted by Crippen LogP contribution is -2.47. The summed E-state index contributed by atoms with van der Waals surface area (Å²) in [6.07, 6.45) is 4.97. The summed E-state index contributed by atoms with van der Waals surface area (Å²) in [7, 11) is 0. The van der Waals surface area contributed by atoms with E-state index in [9.17, 15) is 9.59 Å². The lowest BCUT2D eigenvalue weighted by molar-refractivity contribution is -0.122. The van der Waals surface area contributed by atoms with Gasteiger partial charge in [0.1, 0.15) is 5.76 Å². The summed E-state index contributed by atoms with van der Waals surface area (Å²) in [5.74, 6) is 0.382. The number of nitrogens with zero attached hydrogens (tertiary/aromatic N) is 1. The Kier molecular flexibility index (Phi) is 5.17. The molecule has 1 aromatic rings. The zero-order chi connectivity index (χ0) is 14.4. The van der Waals surface area contributed by atoms with Crippen molar-refractivity contribution in [3.05, 3.63) is 24.2 Å². The third-order valence-electron chi connectivity index (χ3n) is 3.54. The fraction of sp³-hybridized carbons (Fsp3) is 0.571. The van der Waals surface area contributed by atoms with Gasteiger partial charge in [0.25, 0.3) is 0 Å². The summed E-state index contributed by atoms with van der Waals surface area (Å²) < 4.78 is 5.09. The Balaban J connectivity index is 1.69. The van der Waals surface area contributed by atoms with Crippen LogP contribution in [0.4, 0.5) is 4.79 Å². The van der Waals surface area contributed by atoms with Crippen LogP contribution in [-0.4, -0.2) is 36.0 Å². The predicted molar refractivity (Wildman–Crippen MR) is 74.0 cm³/mol. The van der Waals surface area contributed by atoms with E-state index in [-0.39, 0.29) is 19.0 Å². The highest BCUT2D eigenvalue weighted by molar-refractivity contribution is 5.95. The molecule has 1 aliphatic rings. The minimum absolute atomic E-state index is 0.268. The lowest BCUT2D eigenvalue weighted by Gasteiger charge is -2.32. The Morgan fingerprint density at radius 1 is 1.45 bits per heavy atom. The minimum Gasteiger partial charge on any atom is -0.467 e. The fourth-order valence-electron chi connectivity index (χ4n) is 2.37. The number of carbonyl (C=O) groups is 2. The van der Waals surface area contributed by atoms with Crippen LogP contribution in [0.3, 0.4) is 0 Å². The molecule has 2 heterocycles. The van der Waals surface area contributed by atoms with Crippen LogP contribution in [0.2, 0.25) is 0 Å². The number of carbonyl (C=O) groups excluding carboxylic acids is 2. The van der Waals surface area contributed by atoms with Gasteiger partial charge in [-0.3, -0.25) is 15.0 Å². The molecule has 2 N–H and O–H groups in total. The smallest absolute Gasteiger partial charge is 0.321 e. The minimum atomic E-state index is -0.490. The molecule has 0 unspecified atom stereocenters. The van der Waals surface area contributed by atoms with Gasteiger partial charge in [0.2, 0.25) is 5.91 Å². The average Bonchev–Trinajstić information content (AvgIpc) is 2.92. The molecular weight excluding hydrogens is 258 g/mol. The second-order valence-electron chi connectivity index (χ2n) is 5.13. The second kappa shape index (κ2) is 7.09. The molecule has 1 saturated heterocycles. The monoisotopic (exact) mass is 279 g/mol. The van der Waals surface area contributed by atoms with Crippen molar-refractivity contribution in [2.75, 3.05) is 13.1 Å². The van der Waals surface area contributed by atoms with E-state index in [1.807, 2.05) is 0 Å². The molecule has 20 heavy (non-hydrogen) atoms. The third-order valence-corrected chi connectivity index (χ3v) is 3.54. The molecule has 2 rings (SSSR count). The van der Waals surface area contributed by atoms with Gasteiger partial charge in [-0.2, -0.15) is 0 Å². The number of imide groups is 1. The molecule has 0 aliphatic carbocycles. The van der Waals surface area contributed by atoms with E-state index >= 15 is 0 Å². The van der Waals surface area contributed by atoms with Crippen molar-refractivity contribution in [3.63, 3.8) is 0 Å². The van der Waals surface area contributed by atoms with E-state index in [4.69, 9.17) is 4.42 Å². The van der Waals surface area contributed by atoms with Crippen molar-refractivity contribution in [3.8, 4) is 0 Å². The largest absolute Gasteiger partial charge is 0.467 e. The van der Waals surface area contributed by atoms with Crippen LogP contribution < -0.4 is 10.6 Å². The Labute approximate surface area is 118 Å². The maximum absolute atomic E-state index is 11.8. The van der Waals surface area contributed by atoms with Crippen LogP contribution in [0.15, 0.2) is 22.8 Å². The lowest BCUT2D eigenvalue weighted by atomic mass is 10.0. The first-order valence-corrected chi connectivity index (χ1v) is 6.99. The van der Waals surface area contributed by atoms with Gasteiger partial charge in [-0.15, -0.1) is 0 Å². The number of piperidine rings is 1. The molecule has 0 radical (unpaired) electrons. The Bertz CT molecular complexity index is 445. The van der Waals surface area contributed by atoms with E-state index in [0.717, 1.165) is 19.4 Å². The molecule has 110 valence electrons. The van der Waals surface area contributed by atoms with Crippen LogP contribution in [0, 0.1) is 0 Å². The summed E-state index contributed by atoms with van der Waals surface area (Å²) in [6.45, 7) is 3.58. The van der Waals surface area contributed by atoms with Crippen LogP contribution >= 0.6 is 0 Å². The highest BCUT2D eigenvalue weighted by Gasteiger charge is 2.21. The van der Waals surface area contributed by atoms with Crippen molar-refractivity contribution < 1.29 is 14.0 Å². The fourth-order valence-corrected chi connectivity index (χ4v) is 2.37. The van der Waals surface area contributed by atoms with Gasteiger partial charge in [0.05, 0.1) is 19.4 Å². The van der Waals surface area contributed by atoms with Gasteiger partial charge in [0.15, 0.2) is 0 Å². The molecule has 0 spiro atoms. The molecule has 1 atom stereocenters. The highest BCUT2D eigenvalue weighted by atomic mass is 16.3. The van der Waals surface area contributed by atoms with Crippen molar-refractivity contribution in [2.45, 2.75) is 38.8 Å². The molecule has 6 nitrogen and oxygen atoms in total.